The van der Waals surface area contributed by atoms with Gasteiger partial charge in [0.2, 0.25) is 0 Å². The van der Waals surface area contributed by atoms with Crippen LogP contribution in [0, 0.1) is 0 Å². The lowest BCUT2D eigenvalue weighted by atomic mass is 10.2. The normalized spacial score (nSPS) is 12.0. The number of rotatable bonds is 4. The number of alkyl halides is 4. The number of hydrogen-bond acceptors (Lipinski definition) is 3. The van der Waals surface area contributed by atoms with E-state index in [1.807, 2.05) is 6.07 Å². The van der Waals surface area contributed by atoms with E-state index in [2.05, 4.69) is 4.37 Å². The van der Waals surface area contributed by atoms with Crippen LogP contribution in [0.2, 0.25) is 0 Å². The monoisotopic (exact) mass is 294 g/mol. The lowest BCUT2D eigenvalue weighted by molar-refractivity contribution is -0.119. The van der Waals surface area contributed by atoms with E-state index < -0.39 is 12.7 Å². The molecule has 0 radical (unpaired) electrons. The predicted molar refractivity (Wildman–Crippen MR) is 68.6 cm³/mol. The zero-order chi connectivity index (χ0) is 13.2. The third-order valence-corrected chi connectivity index (χ3v) is 3.48. The van der Waals surface area contributed by atoms with E-state index in [1.165, 1.54) is 4.90 Å². The minimum Gasteiger partial charge on any atom is -0.351 e. The maximum absolute atomic E-state index is 12.5. The molecule has 7 heteroatoms. The molecule has 2 rings (SSSR count). The first-order valence-corrected chi connectivity index (χ1v) is 6.54. The van der Waals surface area contributed by atoms with Gasteiger partial charge in [-0.25, -0.2) is 0 Å². The highest BCUT2D eigenvalue weighted by molar-refractivity contribution is 7.11. The summed E-state index contributed by atoms with van der Waals surface area (Å²) in [5.74, 6) is 0.141. The molecule has 2 nitrogen and oxygen atoms in total. The molecule has 1 aromatic carbocycles. The highest BCUT2D eigenvalue weighted by atomic mass is 35.5. The van der Waals surface area contributed by atoms with Crippen molar-refractivity contribution < 1.29 is 13.2 Å². The summed E-state index contributed by atoms with van der Waals surface area (Å²) in [6, 6.07) is 7.14. The fourth-order valence-corrected chi connectivity index (χ4v) is 2.76. The first-order valence-electron chi connectivity index (χ1n) is 5.23. The van der Waals surface area contributed by atoms with Crippen LogP contribution in [0.15, 0.2) is 24.3 Å². The SMILES string of the molecule is FC(F)(F)CN(CCCl)c1snc2ccccc12. The minimum atomic E-state index is -4.25. The maximum Gasteiger partial charge on any atom is 0.405 e. The predicted octanol–water partition coefficient (Wildman–Crippen LogP) is 3.90. The smallest absolute Gasteiger partial charge is 0.351 e. The molecule has 18 heavy (non-hydrogen) atoms. The molecule has 0 unspecified atom stereocenters. The summed E-state index contributed by atoms with van der Waals surface area (Å²) in [4.78, 5) is 1.23. The summed E-state index contributed by atoms with van der Waals surface area (Å²) >= 11 is 6.64. The summed E-state index contributed by atoms with van der Waals surface area (Å²) in [6.07, 6.45) is -4.25. The average molecular weight is 295 g/mol. The van der Waals surface area contributed by atoms with Gasteiger partial charge >= 0.3 is 6.18 Å². The van der Waals surface area contributed by atoms with Crippen LogP contribution in [0.25, 0.3) is 10.9 Å². The van der Waals surface area contributed by atoms with Gasteiger partial charge in [0.15, 0.2) is 0 Å². The van der Waals surface area contributed by atoms with Gasteiger partial charge in [0, 0.05) is 17.8 Å². The van der Waals surface area contributed by atoms with E-state index in [0.717, 1.165) is 16.9 Å². The van der Waals surface area contributed by atoms with E-state index in [9.17, 15) is 13.2 Å². The minimum absolute atomic E-state index is 0.141. The molecule has 0 aliphatic carbocycles. The van der Waals surface area contributed by atoms with E-state index in [-0.39, 0.29) is 12.4 Å². The van der Waals surface area contributed by atoms with Crippen molar-refractivity contribution in [2.75, 3.05) is 23.9 Å². The highest BCUT2D eigenvalue weighted by Gasteiger charge is 2.31. The molecule has 0 saturated heterocycles. The molecule has 0 N–H and O–H groups in total. The fourth-order valence-electron chi connectivity index (χ4n) is 1.67. The van der Waals surface area contributed by atoms with Crippen molar-refractivity contribution in [3.8, 4) is 0 Å². The van der Waals surface area contributed by atoms with Crippen LogP contribution >= 0.6 is 23.1 Å². The third-order valence-electron chi connectivity index (χ3n) is 2.38. The number of benzene rings is 1. The van der Waals surface area contributed by atoms with Crippen molar-refractivity contribution in [1.29, 1.82) is 0 Å². The molecule has 0 bridgehead atoms. The topological polar surface area (TPSA) is 16.1 Å². The van der Waals surface area contributed by atoms with Crippen LogP contribution in [-0.2, 0) is 0 Å². The molecule has 0 saturated carbocycles. The fraction of sp³-hybridized carbons (Fsp3) is 0.364. The summed E-state index contributed by atoms with van der Waals surface area (Å²) in [7, 11) is 0. The van der Waals surface area contributed by atoms with Crippen molar-refractivity contribution in [2.24, 2.45) is 0 Å². The molecule has 0 atom stereocenters. The molecule has 0 spiro atoms. The molecule has 98 valence electrons. The largest absolute Gasteiger partial charge is 0.405 e. The van der Waals surface area contributed by atoms with Gasteiger partial charge < -0.3 is 4.90 Å². The van der Waals surface area contributed by atoms with Crippen LogP contribution in [0.5, 0.6) is 0 Å². The van der Waals surface area contributed by atoms with Gasteiger partial charge in [-0.15, -0.1) is 11.6 Å². The van der Waals surface area contributed by atoms with Crippen molar-refractivity contribution in [3.63, 3.8) is 0 Å². The Morgan fingerprint density at radius 1 is 1.28 bits per heavy atom. The summed E-state index contributed by atoms with van der Waals surface area (Å²) < 4.78 is 41.7. The Morgan fingerprint density at radius 3 is 2.67 bits per heavy atom. The zero-order valence-corrected chi connectivity index (χ0v) is 10.8. The van der Waals surface area contributed by atoms with Crippen LogP contribution < -0.4 is 4.90 Å². The van der Waals surface area contributed by atoms with Gasteiger partial charge in [0.05, 0.1) is 5.52 Å². The standard InChI is InChI=1S/C11H10ClF3N2S/c12-5-6-17(7-11(13,14)15)10-8-3-1-2-4-9(8)16-18-10/h1-4H,5-7H2. The molecular formula is C11H10ClF3N2S. The van der Waals surface area contributed by atoms with Crippen LogP contribution in [-0.4, -0.2) is 29.5 Å². The summed E-state index contributed by atoms with van der Waals surface area (Å²) in [5.41, 5.74) is 0.708. The average Bonchev–Trinajstić information content (AvgIpc) is 2.70. The maximum atomic E-state index is 12.5. The van der Waals surface area contributed by atoms with E-state index >= 15 is 0 Å². The lowest BCUT2D eigenvalue weighted by Gasteiger charge is -2.23. The number of nitrogens with zero attached hydrogens (tertiary/aromatic N) is 2. The van der Waals surface area contributed by atoms with Crippen molar-refractivity contribution >= 4 is 39.0 Å². The Bertz CT molecular complexity index is 526. The Hall–Kier alpha value is -1.01. The number of halogens is 4. The number of hydrogen-bond donors (Lipinski definition) is 0. The molecule has 0 amide bonds. The molecule has 0 aliphatic heterocycles. The van der Waals surface area contributed by atoms with Gasteiger partial charge in [-0.05, 0) is 23.7 Å². The van der Waals surface area contributed by atoms with Gasteiger partial charge in [0.1, 0.15) is 11.5 Å². The van der Waals surface area contributed by atoms with Crippen molar-refractivity contribution in [3.05, 3.63) is 24.3 Å². The quantitative estimate of drug-likeness (QED) is 0.795. The second kappa shape index (κ2) is 5.32. The highest BCUT2D eigenvalue weighted by Crippen LogP contribution is 2.32. The Morgan fingerprint density at radius 2 is 2.00 bits per heavy atom. The Labute approximate surface area is 111 Å². The first kappa shape index (κ1) is 13.4. The molecule has 1 aromatic heterocycles. The molecule has 2 aromatic rings. The van der Waals surface area contributed by atoms with Gasteiger partial charge in [-0.1, -0.05) is 12.1 Å². The van der Waals surface area contributed by atoms with Crippen molar-refractivity contribution in [1.82, 2.24) is 4.37 Å². The molecular weight excluding hydrogens is 285 g/mol. The molecule has 0 fully saturated rings. The van der Waals surface area contributed by atoms with E-state index in [4.69, 9.17) is 11.6 Å². The second-order valence-corrected chi connectivity index (χ2v) is 4.86. The van der Waals surface area contributed by atoms with Crippen LogP contribution in [0.1, 0.15) is 0 Å². The Kier molecular flexibility index (Phi) is 3.97. The van der Waals surface area contributed by atoms with Gasteiger partial charge in [0.25, 0.3) is 0 Å². The van der Waals surface area contributed by atoms with Crippen molar-refractivity contribution in [2.45, 2.75) is 6.18 Å². The zero-order valence-electron chi connectivity index (χ0n) is 9.25. The van der Waals surface area contributed by atoms with Crippen LogP contribution in [0.4, 0.5) is 18.2 Å². The van der Waals surface area contributed by atoms with E-state index in [0.29, 0.717) is 10.5 Å². The van der Waals surface area contributed by atoms with Crippen LogP contribution in [0.3, 0.4) is 0 Å². The summed E-state index contributed by atoms with van der Waals surface area (Å²) in [5, 5.41) is 1.25. The first-order chi connectivity index (χ1) is 8.51. The van der Waals surface area contributed by atoms with E-state index in [1.54, 1.807) is 18.2 Å². The molecule has 0 aliphatic rings. The third kappa shape index (κ3) is 3.05. The van der Waals surface area contributed by atoms with Gasteiger partial charge in [-0.2, -0.15) is 17.5 Å². The van der Waals surface area contributed by atoms with Gasteiger partial charge in [-0.3, -0.25) is 0 Å². The summed E-state index contributed by atoms with van der Waals surface area (Å²) in [6.45, 7) is -0.862. The number of fused-ring (bicyclic) bond motifs is 1. The molecule has 1 heterocycles. The second-order valence-electron chi connectivity index (χ2n) is 3.73. The Balaban J connectivity index is 2.35. The number of anilines is 1. The lowest BCUT2D eigenvalue weighted by Crippen LogP contribution is -2.35. The number of aromatic nitrogens is 1.